The number of benzene rings is 2. The minimum Gasteiger partial charge on any atom is -0.464 e. The Hall–Kier alpha value is -5.08. The molecule has 8 N–H and O–H groups in total. The summed E-state index contributed by atoms with van der Waals surface area (Å²) in [6.07, 6.45) is 0.861. The number of aliphatic hydroxyl groups excluding tert-OH is 2. The molecule has 0 saturated heterocycles. The van der Waals surface area contributed by atoms with Gasteiger partial charge in [0.15, 0.2) is 35.1 Å². The number of aromatic nitrogens is 2. The second-order valence-electron chi connectivity index (χ2n) is 8.91. The van der Waals surface area contributed by atoms with Gasteiger partial charge in [-0.2, -0.15) is 0 Å². The number of esters is 2. The minimum atomic E-state index is -1.43. The molecular weight excluding hydrogens is 548 g/mol. The number of hydrogen-bond donors (Lipinski definition) is 6. The number of nitrogens with one attached hydrogen (secondary N) is 2. The number of anilines is 2. The minimum absolute atomic E-state index is 0.0172. The summed E-state index contributed by atoms with van der Waals surface area (Å²) in [6.45, 7) is -1.51. The molecule has 0 aliphatic heterocycles. The van der Waals surface area contributed by atoms with E-state index in [4.69, 9.17) is 20.9 Å². The van der Waals surface area contributed by atoms with E-state index in [0.717, 1.165) is 11.1 Å². The summed E-state index contributed by atoms with van der Waals surface area (Å²) in [7, 11) is 0. The van der Waals surface area contributed by atoms with Crippen molar-refractivity contribution in [3.05, 3.63) is 83.2 Å². The number of nitrogen functional groups attached to an aromatic ring is 2. The van der Waals surface area contributed by atoms with Crippen LogP contribution in [0, 0.1) is 0 Å². The number of hydrogen-bond acceptors (Lipinski definition) is 12. The maximum Gasteiger partial charge on any atom is 0.331 e. The molecule has 2 amide bonds. The van der Waals surface area contributed by atoms with Crippen molar-refractivity contribution in [2.75, 3.05) is 37.9 Å². The van der Waals surface area contributed by atoms with E-state index in [0.29, 0.717) is 12.8 Å². The normalized spacial score (nSPS) is 12.0. The number of amides is 2. The standard InChI is InChI=1S/C28H32N6O8/c29-23-21(25(37)31-19(15-35)27(39)41-13-11-17-7-3-1-4-8-17)33-24(30)22(34-23)26(38)32-20(16-36)28(40)42-14-12-18-9-5-2-6-10-18/h1-10,19-20,35-36H,11-16H2,(H2,30,33)(H2,29,34)(H,31,37)(H,32,38)/t19-,20?/m1/s1. The lowest BCUT2D eigenvalue weighted by Crippen LogP contribution is -2.46. The third-order valence-electron chi connectivity index (χ3n) is 5.88. The van der Waals surface area contributed by atoms with Crippen molar-refractivity contribution in [1.29, 1.82) is 0 Å². The van der Waals surface area contributed by atoms with Gasteiger partial charge in [0.05, 0.1) is 26.4 Å². The molecule has 42 heavy (non-hydrogen) atoms. The molecule has 1 aromatic heterocycles. The van der Waals surface area contributed by atoms with Crippen molar-refractivity contribution < 1.29 is 38.9 Å². The predicted octanol–water partition coefficient (Wildman–Crippen LogP) is -0.606. The zero-order valence-electron chi connectivity index (χ0n) is 22.6. The van der Waals surface area contributed by atoms with Gasteiger partial charge in [0.2, 0.25) is 0 Å². The highest BCUT2D eigenvalue weighted by Gasteiger charge is 2.28. The number of carbonyl (C=O) groups is 4. The van der Waals surface area contributed by atoms with Gasteiger partial charge in [0.25, 0.3) is 11.8 Å². The van der Waals surface area contributed by atoms with E-state index >= 15 is 0 Å². The average Bonchev–Trinajstić information content (AvgIpc) is 3.00. The maximum atomic E-state index is 12.7. The van der Waals surface area contributed by atoms with Gasteiger partial charge in [-0.1, -0.05) is 60.7 Å². The molecule has 1 heterocycles. The van der Waals surface area contributed by atoms with Crippen molar-refractivity contribution in [3.8, 4) is 0 Å². The second-order valence-corrected chi connectivity index (χ2v) is 8.91. The smallest absolute Gasteiger partial charge is 0.331 e. The lowest BCUT2D eigenvalue weighted by molar-refractivity contribution is -0.147. The average molecular weight is 581 g/mol. The van der Waals surface area contributed by atoms with Gasteiger partial charge in [-0.15, -0.1) is 0 Å². The van der Waals surface area contributed by atoms with Crippen molar-refractivity contribution >= 4 is 35.4 Å². The first-order chi connectivity index (χ1) is 20.2. The Morgan fingerprint density at radius 3 is 1.36 bits per heavy atom. The maximum absolute atomic E-state index is 12.7. The van der Waals surface area contributed by atoms with Crippen LogP contribution in [0.1, 0.15) is 32.1 Å². The third kappa shape index (κ3) is 8.97. The summed E-state index contributed by atoms with van der Waals surface area (Å²) in [5.74, 6) is -4.83. The Bertz CT molecular complexity index is 1270. The van der Waals surface area contributed by atoms with Crippen LogP contribution in [0.5, 0.6) is 0 Å². The monoisotopic (exact) mass is 580 g/mol. The van der Waals surface area contributed by atoms with Gasteiger partial charge < -0.3 is 41.8 Å². The van der Waals surface area contributed by atoms with Crippen LogP contribution in [0.3, 0.4) is 0 Å². The molecule has 0 radical (unpaired) electrons. The fourth-order valence-electron chi connectivity index (χ4n) is 3.64. The van der Waals surface area contributed by atoms with Crippen molar-refractivity contribution in [1.82, 2.24) is 20.6 Å². The Balaban J connectivity index is 1.57. The molecule has 14 nitrogen and oxygen atoms in total. The van der Waals surface area contributed by atoms with Crippen LogP contribution in [-0.4, -0.2) is 82.4 Å². The third-order valence-corrected chi connectivity index (χ3v) is 5.88. The molecule has 14 heteroatoms. The van der Waals surface area contributed by atoms with Gasteiger partial charge in [-0.05, 0) is 11.1 Å². The van der Waals surface area contributed by atoms with Crippen molar-refractivity contribution in [2.24, 2.45) is 0 Å². The zero-order chi connectivity index (χ0) is 30.5. The lowest BCUT2D eigenvalue weighted by atomic mass is 10.2. The van der Waals surface area contributed by atoms with Gasteiger partial charge in [-0.3, -0.25) is 9.59 Å². The van der Waals surface area contributed by atoms with Gasteiger partial charge in [-0.25, -0.2) is 19.6 Å². The molecule has 0 saturated carbocycles. The number of ether oxygens (including phenoxy) is 2. The Kier molecular flexibility index (Phi) is 11.7. The molecular formula is C28H32N6O8. The van der Waals surface area contributed by atoms with Crippen LogP contribution >= 0.6 is 0 Å². The zero-order valence-corrected chi connectivity index (χ0v) is 22.6. The number of aliphatic hydroxyl groups is 2. The first kappa shape index (κ1) is 31.4. The highest BCUT2D eigenvalue weighted by Crippen LogP contribution is 2.14. The van der Waals surface area contributed by atoms with E-state index in [2.05, 4.69) is 20.6 Å². The highest BCUT2D eigenvalue weighted by atomic mass is 16.5. The van der Waals surface area contributed by atoms with E-state index in [1.54, 1.807) is 0 Å². The van der Waals surface area contributed by atoms with E-state index in [1.165, 1.54) is 0 Å². The summed E-state index contributed by atoms with van der Waals surface area (Å²) >= 11 is 0. The number of nitrogens with zero attached hydrogens (tertiary/aromatic N) is 2. The van der Waals surface area contributed by atoms with E-state index in [-0.39, 0.29) is 13.2 Å². The first-order valence-electron chi connectivity index (χ1n) is 12.9. The molecule has 2 atom stereocenters. The summed E-state index contributed by atoms with van der Waals surface area (Å²) in [5, 5.41) is 23.7. The molecule has 0 bridgehead atoms. The van der Waals surface area contributed by atoms with Crippen LogP contribution in [-0.2, 0) is 31.9 Å². The molecule has 2 aromatic carbocycles. The number of carbonyl (C=O) groups excluding carboxylic acids is 4. The predicted molar refractivity (Wildman–Crippen MR) is 150 cm³/mol. The Morgan fingerprint density at radius 1 is 0.667 bits per heavy atom. The lowest BCUT2D eigenvalue weighted by Gasteiger charge is -2.17. The number of rotatable bonds is 14. The molecule has 0 fully saturated rings. The number of nitrogens with two attached hydrogens (primary N) is 2. The van der Waals surface area contributed by atoms with Crippen LogP contribution < -0.4 is 22.1 Å². The fraction of sp³-hybridized carbons (Fsp3) is 0.286. The SMILES string of the molecule is Nc1nc(C(=O)N[C@H](CO)C(=O)OCCc2ccccc2)c(N)nc1C(=O)NC(CO)C(=O)OCCc1ccccc1. The topological polar surface area (TPSA) is 229 Å². The van der Waals surface area contributed by atoms with Gasteiger partial charge in [0.1, 0.15) is 0 Å². The van der Waals surface area contributed by atoms with E-state index in [9.17, 15) is 29.4 Å². The molecule has 222 valence electrons. The molecule has 0 aliphatic carbocycles. The van der Waals surface area contributed by atoms with Crippen LogP contribution in [0.2, 0.25) is 0 Å². The van der Waals surface area contributed by atoms with Gasteiger partial charge in [0, 0.05) is 12.8 Å². The highest BCUT2D eigenvalue weighted by molar-refractivity contribution is 6.02. The Labute approximate surface area is 241 Å². The summed E-state index contributed by atoms with van der Waals surface area (Å²) in [4.78, 5) is 57.8. The summed E-state index contributed by atoms with van der Waals surface area (Å²) in [6, 6.07) is 15.6. The molecule has 0 spiro atoms. The van der Waals surface area contributed by atoms with Crippen LogP contribution in [0.15, 0.2) is 60.7 Å². The first-order valence-corrected chi connectivity index (χ1v) is 12.9. The second kappa shape index (κ2) is 15.6. The summed E-state index contributed by atoms with van der Waals surface area (Å²) < 4.78 is 10.3. The quantitative estimate of drug-likeness (QED) is 0.131. The molecule has 1 unspecified atom stereocenters. The van der Waals surface area contributed by atoms with Crippen LogP contribution in [0.4, 0.5) is 11.6 Å². The molecule has 0 aliphatic rings. The van der Waals surface area contributed by atoms with Crippen LogP contribution in [0.25, 0.3) is 0 Å². The Morgan fingerprint density at radius 2 is 1.02 bits per heavy atom. The molecule has 3 rings (SSSR count). The molecule has 3 aromatic rings. The van der Waals surface area contributed by atoms with E-state index < -0.39 is 72.1 Å². The summed E-state index contributed by atoms with van der Waals surface area (Å²) in [5.41, 5.74) is 12.5. The van der Waals surface area contributed by atoms with E-state index in [1.807, 2.05) is 60.7 Å². The van der Waals surface area contributed by atoms with Crippen molar-refractivity contribution in [2.45, 2.75) is 24.9 Å². The van der Waals surface area contributed by atoms with Crippen molar-refractivity contribution in [3.63, 3.8) is 0 Å². The fourth-order valence-corrected chi connectivity index (χ4v) is 3.64. The van der Waals surface area contributed by atoms with Gasteiger partial charge >= 0.3 is 11.9 Å². The largest absolute Gasteiger partial charge is 0.464 e.